The van der Waals surface area contributed by atoms with E-state index in [1.807, 2.05) is 32.0 Å². The molecule has 6 heteroatoms. The number of anilines is 2. The molecule has 0 bridgehead atoms. The molecule has 0 radical (unpaired) electrons. The van der Waals surface area contributed by atoms with E-state index in [0.717, 1.165) is 10.6 Å². The van der Waals surface area contributed by atoms with E-state index in [9.17, 15) is 0 Å². The van der Waals surface area contributed by atoms with Gasteiger partial charge in [-0.15, -0.1) is 0 Å². The van der Waals surface area contributed by atoms with Crippen molar-refractivity contribution >= 4 is 22.4 Å². The van der Waals surface area contributed by atoms with Crippen LogP contribution in [0, 0.1) is 0 Å². The number of nitrogens with two attached hydrogens (primary N) is 1. The molecule has 0 saturated carbocycles. The van der Waals surface area contributed by atoms with Crippen molar-refractivity contribution in [3.63, 3.8) is 0 Å². The van der Waals surface area contributed by atoms with Crippen LogP contribution in [0.25, 0.3) is 0 Å². The highest BCUT2D eigenvalue weighted by Gasteiger charge is 2.07. The number of hydrogen-bond acceptors (Lipinski definition) is 6. The van der Waals surface area contributed by atoms with Gasteiger partial charge < -0.3 is 15.8 Å². The van der Waals surface area contributed by atoms with Crippen molar-refractivity contribution in [2.75, 3.05) is 11.1 Å². The smallest absolute Gasteiger partial charge is 0.218 e. The zero-order valence-electron chi connectivity index (χ0n) is 10.4. The Hall–Kier alpha value is -1.82. The van der Waals surface area contributed by atoms with Crippen molar-refractivity contribution in [1.29, 1.82) is 0 Å². The zero-order chi connectivity index (χ0) is 13.0. The van der Waals surface area contributed by atoms with Crippen LogP contribution in [-0.2, 0) is 6.54 Å². The third kappa shape index (κ3) is 3.33. The van der Waals surface area contributed by atoms with Crippen molar-refractivity contribution < 1.29 is 4.74 Å². The maximum absolute atomic E-state index is 5.65. The van der Waals surface area contributed by atoms with Gasteiger partial charge in [-0.1, -0.05) is 6.07 Å². The van der Waals surface area contributed by atoms with Gasteiger partial charge in [-0.05, 0) is 31.4 Å². The van der Waals surface area contributed by atoms with Crippen molar-refractivity contribution in [2.45, 2.75) is 26.5 Å². The molecule has 96 valence electrons. The fourth-order valence-electron chi connectivity index (χ4n) is 1.44. The molecule has 0 saturated heterocycles. The maximum atomic E-state index is 5.65. The minimum Gasteiger partial charge on any atom is -0.475 e. The van der Waals surface area contributed by atoms with Gasteiger partial charge in [0.25, 0.3) is 0 Å². The number of nitrogens with one attached hydrogen (secondary N) is 1. The summed E-state index contributed by atoms with van der Waals surface area (Å²) in [4.78, 5) is 4.24. The monoisotopic (exact) mass is 264 g/mol. The first-order valence-corrected chi connectivity index (χ1v) is 6.49. The summed E-state index contributed by atoms with van der Waals surface area (Å²) in [7, 11) is 0. The Labute approximate surface area is 110 Å². The molecule has 0 fully saturated rings. The molecule has 2 aromatic rings. The lowest BCUT2D eigenvalue weighted by Gasteiger charge is -2.12. The third-order valence-corrected chi connectivity index (χ3v) is 2.94. The van der Waals surface area contributed by atoms with E-state index in [4.69, 9.17) is 10.5 Å². The van der Waals surface area contributed by atoms with Gasteiger partial charge in [0, 0.05) is 24.4 Å². The number of pyridine rings is 1. The summed E-state index contributed by atoms with van der Waals surface area (Å²) < 4.78 is 9.66. The highest BCUT2D eigenvalue weighted by atomic mass is 32.1. The van der Waals surface area contributed by atoms with Gasteiger partial charge in [0.05, 0.1) is 6.10 Å². The van der Waals surface area contributed by atoms with Crippen molar-refractivity contribution in [3.8, 4) is 5.88 Å². The van der Waals surface area contributed by atoms with Gasteiger partial charge in [0.1, 0.15) is 10.8 Å². The fourth-order valence-corrected chi connectivity index (χ4v) is 2.01. The molecule has 0 aliphatic heterocycles. The molecule has 0 unspecified atom stereocenters. The summed E-state index contributed by atoms with van der Waals surface area (Å²) in [5.74, 6) is 1.20. The van der Waals surface area contributed by atoms with E-state index in [0.29, 0.717) is 18.2 Å². The van der Waals surface area contributed by atoms with Crippen LogP contribution >= 0.6 is 11.5 Å². The summed E-state index contributed by atoms with van der Waals surface area (Å²) in [5.41, 5.74) is 6.58. The molecule has 0 aliphatic carbocycles. The number of aromatic nitrogens is 2. The number of rotatable bonds is 5. The predicted octanol–water partition coefficient (Wildman–Crippen LogP) is 2.52. The van der Waals surface area contributed by atoms with Gasteiger partial charge in [-0.3, -0.25) is 0 Å². The summed E-state index contributed by atoms with van der Waals surface area (Å²) in [6, 6.07) is 5.69. The lowest BCUT2D eigenvalue weighted by molar-refractivity contribution is 0.230. The molecule has 2 rings (SSSR count). The van der Waals surface area contributed by atoms with E-state index < -0.39 is 0 Å². The fraction of sp³-hybridized carbons (Fsp3) is 0.333. The van der Waals surface area contributed by atoms with Gasteiger partial charge >= 0.3 is 0 Å². The lowest BCUT2D eigenvalue weighted by Crippen LogP contribution is -2.10. The number of nitrogens with zero attached hydrogens (tertiary/aromatic N) is 2. The summed E-state index contributed by atoms with van der Waals surface area (Å²) in [6.07, 6.45) is 1.84. The number of hydrogen-bond donors (Lipinski definition) is 2. The summed E-state index contributed by atoms with van der Waals surface area (Å²) >= 11 is 1.34. The Kier molecular flexibility index (Phi) is 3.99. The molecular weight excluding hydrogens is 248 g/mol. The lowest BCUT2D eigenvalue weighted by atomic mass is 10.2. The third-order valence-electron chi connectivity index (χ3n) is 2.18. The van der Waals surface area contributed by atoms with Crippen LogP contribution < -0.4 is 15.8 Å². The molecule has 2 heterocycles. The minimum absolute atomic E-state index is 0.109. The van der Waals surface area contributed by atoms with E-state index in [1.54, 1.807) is 6.20 Å². The quantitative estimate of drug-likeness (QED) is 0.868. The number of nitrogen functional groups attached to an aromatic ring is 1. The van der Waals surface area contributed by atoms with Crippen LogP contribution in [-0.4, -0.2) is 15.5 Å². The molecule has 0 aromatic carbocycles. The second-order valence-electron chi connectivity index (χ2n) is 4.10. The average Bonchev–Trinajstić information content (AvgIpc) is 2.73. The normalized spacial score (nSPS) is 10.6. The Bertz CT molecular complexity index is 512. The standard InChI is InChI=1S/C12H16N4OS/c1-8(2)17-12-9(4-3-5-14-12)7-15-11-6-10(13)16-18-11/h3-6,8,15H,7H2,1-2H3,(H2,13,16). The molecule has 3 N–H and O–H groups in total. The van der Waals surface area contributed by atoms with Crippen LogP contribution in [0.4, 0.5) is 10.8 Å². The molecular formula is C12H16N4OS. The highest BCUT2D eigenvalue weighted by Crippen LogP contribution is 2.21. The van der Waals surface area contributed by atoms with Crippen LogP contribution in [0.2, 0.25) is 0 Å². The van der Waals surface area contributed by atoms with Crippen LogP contribution in [0.1, 0.15) is 19.4 Å². The molecule has 0 spiro atoms. The molecule has 18 heavy (non-hydrogen) atoms. The Morgan fingerprint density at radius 3 is 3.00 bits per heavy atom. The predicted molar refractivity (Wildman–Crippen MR) is 73.9 cm³/mol. The molecule has 0 amide bonds. The SMILES string of the molecule is CC(C)Oc1ncccc1CNc1cc(N)ns1. The van der Waals surface area contributed by atoms with Gasteiger partial charge in [-0.25, -0.2) is 4.98 Å². The van der Waals surface area contributed by atoms with Crippen molar-refractivity contribution in [1.82, 2.24) is 9.36 Å². The van der Waals surface area contributed by atoms with Crippen molar-refractivity contribution in [2.24, 2.45) is 0 Å². The van der Waals surface area contributed by atoms with Crippen molar-refractivity contribution in [3.05, 3.63) is 30.0 Å². The second kappa shape index (κ2) is 5.68. The second-order valence-corrected chi connectivity index (χ2v) is 4.91. The molecule has 5 nitrogen and oxygen atoms in total. The average molecular weight is 264 g/mol. The first kappa shape index (κ1) is 12.6. The van der Waals surface area contributed by atoms with Crippen LogP contribution in [0.3, 0.4) is 0 Å². The van der Waals surface area contributed by atoms with Crippen LogP contribution in [0.15, 0.2) is 24.4 Å². The summed E-state index contributed by atoms with van der Waals surface area (Å²) in [6.45, 7) is 4.60. The Morgan fingerprint density at radius 2 is 2.33 bits per heavy atom. The largest absolute Gasteiger partial charge is 0.475 e. The Morgan fingerprint density at radius 1 is 1.50 bits per heavy atom. The molecule has 0 aliphatic rings. The number of ether oxygens (including phenoxy) is 1. The Balaban J connectivity index is 2.04. The topological polar surface area (TPSA) is 73.1 Å². The van der Waals surface area contributed by atoms with Crippen LogP contribution in [0.5, 0.6) is 5.88 Å². The zero-order valence-corrected chi connectivity index (χ0v) is 11.2. The first-order chi connectivity index (χ1) is 8.65. The van der Waals surface area contributed by atoms with Gasteiger partial charge in [0.2, 0.25) is 5.88 Å². The van der Waals surface area contributed by atoms with Gasteiger partial charge in [-0.2, -0.15) is 4.37 Å². The molecule has 0 atom stereocenters. The maximum Gasteiger partial charge on any atom is 0.218 e. The highest BCUT2D eigenvalue weighted by molar-refractivity contribution is 7.10. The first-order valence-electron chi connectivity index (χ1n) is 5.72. The minimum atomic E-state index is 0.109. The summed E-state index contributed by atoms with van der Waals surface area (Å²) in [5, 5.41) is 4.19. The van der Waals surface area contributed by atoms with E-state index in [1.165, 1.54) is 11.5 Å². The van der Waals surface area contributed by atoms with Gasteiger partial charge in [0.15, 0.2) is 0 Å². The molecule has 2 aromatic heterocycles. The van der Waals surface area contributed by atoms with E-state index in [2.05, 4.69) is 14.7 Å². The van der Waals surface area contributed by atoms with E-state index in [-0.39, 0.29) is 6.10 Å². The van der Waals surface area contributed by atoms with E-state index >= 15 is 0 Å².